The van der Waals surface area contributed by atoms with E-state index in [9.17, 15) is 14.9 Å². The lowest BCUT2D eigenvalue weighted by atomic mass is 10.2. The van der Waals surface area contributed by atoms with Crippen LogP contribution in [0.1, 0.15) is 15.9 Å². The van der Waals surface area contributed by atoms with E-state index in [2.05, 4.69) is 16.6 Å². The van der Waals surface area contributed by atoms with Crippen LogP contribution in [0.25, 0.3) is 16.7 Å². The van der Waals surface area contributed by atoms with Crippen LogP contribution in [0, 0.1) is 11.3 Å². The van der Waals surface area contributed by atoms with Crippen molar-refractivity contribution in [3.8, 4) is 6.07 Å². The quantitative estimate of drug-likeness (QED) is 0.402. The molecular formula is C22H15N5O2. The molecule has 7 nitrogen and oxygen atoms in total. The first-order valence-corrected chi connectivity index (χ1v) is 8.84. The van der Waals surface area contributed by atoms with Crippen molar-refractivity contribution in [2.45, 2.75) is 6.54 Å². The van der Waals surface area contributed by atoms with E-state index in [4.69, 9.17) is 0 Å². The summed E-state index contributed by atoms with van der Waals surface area (Å²) in [5.74, 6) is -0.489. The van der Waals surface area contributed by atoms with Crippen molar-refractivity contribution >= 4 is 22.6 Å². The number of pyridine rings is 2. The Morgan fingerprint density at radius 2 is 1.97 bits per heavy atom. The van der Waals surface area contributed by atoms with Crippen molar-refractivity contribution in [2.24, 2.45) is 4.99 Å². The lowest BCUT2D eigenvalue weighted by Crippen LogP contribution is -2.29. The number of nitriles is 1. The molecule has 140 valence electrons. The first kappa shape index (κ1) is 18.1. The minimum atomic E-state index is -0.489. The van der Waals surface area contributed by atoms with Gasteiger partial charge >= 0.3 is 0 Å². The van der Waals surface area contributed by atoms with E-state index in [1.165, 1.54) is 10.5 Å². The van der Waals surface area contributed by atoms with Crippen molar-refractivity contribution in [3.05, 3.63) is 100 Å². The molecule has 0 radical (unpaired) electrons. The molecule has 3 heterocycles. The van der Waals surface area contributed by atoms with E-state index in [0.717, 1.165) is 0 Å². The number of hydrogen-bond acceptors (Lipinski definition) is 4. The Balaban J connectivity index is 2.13. The minimum absolute atomic E-state index is 0.110. The second-order valence-electron chi connectivity index (χ2n) is 6.26. The van der Waals surface area contributed by atoms with Crippen LogP contribution >= 0.6 is 0 Å². The zero-order valence-corrected chi connectivity index (χ0v) is 15.3. The molecule has 29 heavy (non-hydrogen) atoms. The molecule has 0 N–H and O–H groups in total. The number of aromatic nitrogens is 3. The van der Waals surface area contributed by atoms with Gasteiger partial charge in [-0.1, -0.05) is 30.3 Å². The molecule has 0 saturated heterocycles. The molecule has 0 unspecified atom stereocenters. The highest BCUT2D eigenvalue weighted by Gasteiger charge is 2.14. The number of allylic oxidation sites excluding steroid dienone is 1. The Hall–Kier alpha value is -4.31. The van der Waals surface area contributed by atoms with Gasteiger partial charge in [0.05, 0.1) is 10.9 Å². The van der Waals surface area contributed by atoms with Gasteiger partial charge in [-0.15, -0.1) is 6.58 Å². The van der Waals surface area contributed by atoms with Gasteiger partial charge in [-0.3, -0.25) is 14.0 Å². The summed E-state index contributed by atoms with van der Waals surface area (Å²) >= 11 is 0. The number of fused-ring (bicyclic) bond motifs is 2. The Morgan fingerprint density at radius 3 is 2.69 bits per heavy atom. The summed E-state index contributed by atoms with van der Waals surface area (Å²) in [6, 6.07) is 17.3. The standard InChI is InChI=1S/C22H15N5O2/c1-2-11-27-19(25-21(28)15-8-4-3-5-9-15)16(14-23)13-17-20(27)24-18-10-6-7-12-26(18)22(17)29/h2-10,12-13H,1,11H2. The Labute approximate surface area is 165 Å². The van der Waals surface area contributed by atoms with Gasteiger partial charge in [0.15, 0.2) is 5.49 Å². The Morgan fingerprint density at radius 1 is 1.21 bits per heavy atom. The van der Waals surface area contributed by atoms with Crippen LogP contribution in [0.3, 0.4) is 0 Å². The SMILES string of the molecule is C=CCn1c(=NC(=O)c2ccccc2)c(C#N)cc2c(=O)n3ccccc3nc21. The van der Waals surface area contributed by atoms with Gasteiger partial charge in [0.1, 0.15) is 17.4 Å². The molecular weight excluding hydrogens is 366 g/mol. The fourth-order valence-electron chi connectivity index (χ4n) is 3.12. The largest absolute Gasteiger partial charge is 0.305 e. The molecule has 3 aromatic heterocycles. The summed E-state index contributed by atoms with van der Waals surface area (Å²) in [4.78, 5) is 34.4. The van der Waals surface area contributed by atoms with Crippen LogP contribution in [-0.4, -0.2) is 19.9 Å². The molecule has 4 rings (SSSR count). The van der Waals surface area contributed by atoms with Crippen molar-refractivity contribution in [2.75, 3.05) is 0 Å². The molecule has 7 heteroatoms. The number of hydrogen-bond donors (Lipinski definition) is 0. The number of benzene rings is 1. The molecule has 0 bridgehead atoms. The topological polar surface area (TPSA) is 92.5 Å². The zero-order valence-electron chi connectivity index (χ0n) is 15.3. The lowest BCUT2D eigenvalue weighted by molar-refractivity contribution is 0.0997. The first-order chi connectivity index (χ1) is 14.1. The van der Waals surface area contributed by atoms with Gasteiger partial charge in [-0.25, -0.2) is 4.98 Å². The van der Waals surface area contributed by atoms with Gasteiger partial charge in [0, 0.05) is 18.3 Å². The maximum Gasteiger partial charge on any atom is 0.278 e. The van der Waals surface area contributed by atoms with Crippen LogP contribution in [0.2, 0.25) is 0 Å². The highest BCUT2D eigenvalue weighted by Crippen LogP contribution is 2.10. The van der Waals surface area contributed by atoms with Crippen molar-refractivity contribution in [3.63, 3.8) is 0 Å². The summed E-state index contributed by atoms with van der Waals surface area (Å²) < 4.78 is 2.98. The van der Waals surface area contributed by atoms with Gasteiger partial charge in [-0.05, 0) is 30.3 Å². The molecule has 1 aromatic carbocycles. The molecule has 0 spiro atoms. The molecule has 0 saturated carbocycles. The van der Waals surface area contributed by atoms with Gasteiger partial charge < -0.3 is 4.57 Å². The molecule has 0 aliphatic carbocycles. The second kappa shape index (κ2) is 7.37. The van der Waals surface area contributed by atoms with E-state index in [0.29, 0.717) is 16.9 Å². The number of amides is 1. The predicted molar refractivity (Wildman–Crippen MR) is 108 cm³/mol. The highest BCUT2D eigenvalue weighted by molar-refractivity contribution is 5.95. The normalized spacial score (nSPS) is 11.5. The monoisotopic (exact) mass is 381 g/mol. The smallest absolute Gasteiger partial charge is 0.278 e. The number of carbonyl (C=O) groups is 1. The average Bonchev–Trinajstić information content (AvgIpc) is 2.76. The van der Waals surface area contributed by atoms with Crippen LogP contribution in [-0.2, 0) is 6.54 Å². The number of carbonyl (C=O) groups excluding carboxylic acids is 1. The third-order valence-electron chi connectivity index (χ3n) is 4.45. The average molecular weight is 381 g/mol. The van der Waals surface area contributed by atoms with Crippen LogP contribution < -0.4 is 11.0 Å². The second-order valence-corrected chi connectivity index (χ2v) is 6.26. The number of rotatable bonds is 3. The maximum atomic E-state index is 12.9. The summed E-state index contributed by atoms with van der Waals surface area (Å²) in [7, 11) is 0. The van der Waals surface area contributed by atoms with E-state index in [1.807, 2.05) is 6.07 Å². The van der Waals surface area contributed by atoms with Gasteiger partial charge in [0.25, 0.3) is 11.5 Å². The fraction of sp³-hybridized carbons (Fsp3) is 0.0455. The van der Waals surface area contributed by atoms with E-state index in [1.54, 1.807) is 65.4 Å². The van der Waals surface area contributed by atoms with Crippen molar-refractivity contribution in [1.29, 1.82) is 5.26 Å². The van der Waals surface area contributed by atoms with E-state index < -0.39 is 5.91 Å². The third kappa shape index (κ3) is 3.13. The van der Waals surface area contributed by atoms with Crippen LogP contribution in [0.5, 0.6) is 0 Å². The maximum absolute atomic E-state index is 12.9. The van der Waals surface area contributed by atoms with E-state index >= 15 is 0 Å². The highest BCUT2D eigenvalue weighted by atomic mass is 16.1. The Kier molecular flexibility index (Phi) is 4.59. The van der Waals surface area contributed by atoms with Crippen LogP contribution in [0.15, 0.2) is 83.2 Å². The van der Waals surface area contributed by atoms with Gasteiger partial charge in [-0.2, -0.15) is 10.3 Å². The minimum Gasteiger partial charge on any atom is -0.305 e. The van der Waals surface area contributed by atoms with Gasteiger partial charge in [0.2, 0.25) is 0 Å². The third-order valence-corrected chi connectivity index (χ3v) is 4.45. The van der Waals surface area contributed by atoms with Crippen molar-refractivity contribution < 1.29 is 4.79 Å². The van der Waals surface area contributed by atoms with Crippen LogP contribution in [0.4, 0.5) is 0 Å². The number of nitrogens with zero attached hydrogens (tertiary/aromatic N) is 5. The van der Waals surface area contributed by atoms with E-state index in [-0.39, 0.29) is 28.5 Å². The lowest BCUT2D eigenvalue weighted by Gasteiger charge is -2.11. The Bertz CT molecular complexity index is 1440. The zero-order chi connectivity index (χ0) is 20.4. The molecule has 0 aliphatic heterocycles. The molecule has 0 aliphatic rings. The molecule has 4 aromatic rings. The first-order valence-electron chi connectivity index (χ1n) is 8.84. The summed E-state index contributed by atoms with van der Waals surface area (Å²) in [5, 5.41) is 9.93. The molecule has 0 fully saturated rings. The van der Waals surface area contributed by atoms with Crippen molar-refractivity contribution in [1.82, 2.24) is 14.0 Å². The molecule has 0 atom stereocenters. The summed E-state index contributed by atoms with van der Waals surface area (Å²) in [6.45, 7) is 3.96. The molecule has 1 amide bonds. The fourth-order valence-corrected chi connectivity index (χ4v) is 3.12. The summed E-state index contributed by atoms with van der Waals surface area (Å²) in [5.41, 5.74) is 1.13. The predicted octanol–water partition coefficient (Wildman–Crippen LogP) is 2.45. The summed E-state index contributed by atoms with van der Waals surface area (Å²) in [6.07, 6.45) is 3.21.